The van der Waals surface area contributed by atoms with E-state index >= 15 is 0 Å². The molecular formula is C73H98F16O14. The zero-order valence-corrected chi connectivity index (χ0v) is 59.6. The second-order valence-electron chi connectivity index (χ2n) is 23.4. The number of ether oxygens (including phenoxy) is 6. The Bertz CT molecular complexity index is 2920. The Morgan fingerprint density at radius 1 is 0.515 bits per heavy atom. The lowest BCUT2D eigenvalue weighted by molar-refractivity contribution is -0.304. The number of carboxylic acids is 1. The van der Waals surface area contributed by atoms with Crippen LogP contribution in [0.15, 0.2) is 140 Å². The number of carbonyl (C=O) groups is 7. The number of rotatable bonds is 33. The third-order valence-corrected chi connectivity index (χ3v) is 12.9. The maximum Gasteiger partial charge on any atom is 0.453 e. The number of hydrogen-bond donors (Lipinski definition) is 1. The molecule has 2 aromatic carbocycles. The molecule has 0 aromatic heterocycles. The molecule has 1 aliphatic rings. The molecule has 1 aliphatic carbocycles. The molecule has 2 aromatic rings. The van der Waals surface area contributed by atoms with Crippen molar-refractivity contribution in [2.45, 2.75) is 226 Å². The highest BCUT2D eigenvalue weighted by Crippen LogP contribution is 2.48. The second-order valence-corrected chi connectivity index (χ2v) is 23.4. The minimum absolute atomic E-state index is 0.245. The van der Waals surface area contributed by atoms with Crippen LogP contribution in [0.2, 0.25) is 0 Å². The van der Waals surface area contributed by atoms with Crippen LogP contribution in [-0.4, -0.2) is 122 Å². The zero-order chi connectivity index (χ0) is 80.3. The smallest absolute Gasteiger partial charge is 0.453 e. The van der Waals surface area contributed by atoms with Crippen molar-refractivity contribution in [2.75, 3.05) is 26.9 Å². The van der Waals surface area contributed by atoms with E-state index in [9.17, 15) is 104 Å². The van der Waals surface area contributed by atoms with Gasteiger partial charge in [0.15, 0.2) is 12.7 Å². The predicted molar refractivity (Wildman–Crippen MR) is 358 cm³/mol. The number of unbranched alkanes of at least 4 members (excludes halogenated alkanes) is 8. The van der Waals surface area contributed by atoms with Gasteiger partial charge in [0.25, 0.3) is 23.7 Å². The average molecular weight is 1500 g/mol. The van der Waals surface area contributed by atoms with Crippen molar-refractivity contribution in [3.8, 4) is 0 Å². The van der Waals surface area contributed by atoms with Crippen molar-refractivity contribution in [2.24, 2.45) is 5.92 Å². The molecule has 0 bridgehead atoms. The van der Waals surface area contributed by atoms with Gasteiger partial charge < -0.3 is 33.5 Å². The van der Waals surface area contributed by atoms with Crippen LogP contribution in [0.3, 0.4) is 0 Å². The standard InChI is InChI=1S/C15H15F13O2.C15H28O2.C11H18O2.C11H12O2.C9H8O2.C7H9F3O2.C5H8O2/c1-8(2)9(29)30-7-13(22,23)5-11(18,19)3-10(16,17)4-12(20,21)6-14(24,25)15(26,27)28;1-4-5-6-7-8-9-10-11-12-13-17-15(16)14(2)3;2*1-9(2)11(12)13-8-10-6-4-3-5-7-10;10-9(11)7-6-8-4-2-1-3-5-8;1-3-4-6(11)12-5(2)7(8,9)10;1-3-4-5(6)7-2/h1,3-7H2,2H3;2,4-13H2,1,3H3;10H,1,3-8H2,2H3;3-7H,1,8H2,2H3;1-7H,(H,10,11);3-5H,1-2H3;3-4H,1-2H3/b;;;;7-6+;2*4-3+. The molecule has 1 unspecified atom stereocenters. The van der Waals surface area contributed by atoms with Crippen molar-refractivity contribution in [1.82, 2.24) is 0 Å². The van der Waals surface area contributed by atoms with Crippen LogP contribution < -0.4 is 0 Å². The molecule has 1 saturated carbocycles. The van der Waals surface area contributed by atoms with Gasteiger partial charge in [-0.3, -0.25) is 0 Å². The summed E-state index contributed by atoms with van der Waals surface area (Å²) in [7, 11) is 1.35. The Labute approximate surface area is 592 Å². The number of allylic oxidation sites excluding steroid dienone is 2. The van der Waals surface area contributed by atoms with E-state index in [2.05, 4.69) is 47.5 Å². The molecule has 1 N–H and O–H groups in total. The van der Waals surface area contributed by atoms with Gasteiger partial charge in [0.1, 0.15) is 6.61 Å². The lowest BCUT2D eigenvalue weighted by atomic mass is 9.90. The maximum absolute atomic E-state index is 13.5. The summed E-state index contributed by atoms with van der Waals surface area (Å²) in [6.45, 7) is 25.3. The molecule has 0 amide bonds. The number of alkyl halides is 16. The second kappa shape index (κ2) is 53.6. The molecule has 0 spiro atoms. The number of esters is 6. The van der Waals surface area contributed by atoms with E-state index in [0.29, 0.717) is 42.5 Å². The Morgan fingerprint density at radius 2 is 0.913 bits per heavy atom. The topological polar surface area (TPSA) is 195 Å². The molecular weight excluding hydrogens is 1400 g/mol. The van der Waals surface area contributed by atoms with E-state index in [4.69, 9.17) is 19.3 Å². The largest absolute Gasteiger partial charge is 0.478 e. The highest BCUT2D eigenvalue weighted by atomic mass is 19.4. The Kier molecular flexibility index (Phi) is 52.6. The van der Waals surface area contributed by atoms with Crippen LogP contribution in [0, 0.1) is 5.92 Å². The molecule has 0 aliphatic heterocycles. The number of carboxylic acid groups (broad SMARTS) is 1. The normalized spacial score (nSPS) is 12.9. The summed E-state index contributed by atoms with van der Waals surface area (Å²) in [6.07, 6.45) is 0.383. The number of methoxy groups -OCH3 is 1. The maximum atomic E-state index is 13.5. The van der Waals surface area contributed by atoms with Crippen LogP contribution in [0.25, 0.3) is 6.08 Å². The summed E-state index contributed by atoms with van der Waals surface area (Å²) in [5.74, 6) is -30.4. The predicted octanol–water partition coefficient (Wildman–Crippen LogP) is 20.6. The minimum atomic E-state index is -6.51. The van der Waals surface area contributed by atoms with Crippen molar-refractivity contribution >= 4 is 47.9 Å². The molecule has 1 atom stereocenters. The summed E-state index contributed by atoms with van der Waals surface area (Å²) in [4.78, 5) is 74.7. The van der Waals surface area contributed by atoms with Gasteiger partial charge in [-0.25, -0.2) is 68.7 Å². The molecule has 30 heteroatoms. The molecule has 103 heavy (non-hydrogen) atoms. The summed E-state index contributed by atoms with van der Waals surface area (Å²) in [5.41, 5.74) is 2.89. The SMILES string of the molecule is C/C=C/C(=O)OC.C/C=C/C(=O)OC(C)C(F)(F)F.C=C(C)C(=O)OCC(F)(F)CC(F)(F)CC(F)(F)CC(F)(F)CC(F)(F)C(F)(F)F.C=C(C)C(=O)OCC1CCCCC1.C=C(C)C(=O)OCCCCCCCCCCC.C=C(C)C(=O)OCc1ccccc1.O=C(O)/C=C/c1ccccc1. The van der Waals surface area contributed by atoms with Crippen LogP contribution >= 0.6 is 0 Å². The highest BCUT2D eigenvalue weighted by molar-refractivity contribution is 5.88. The first-order chi connectivity index (χ1) is 47.5. The van der Waals surface area contributed by atoms with Gasteiger partial charge in [-0.05, 0) is 90.8 Å². The van der Waals surface area contributed by atoms with E-state index in [1.807, 2.05) is 60.7 Å². The van der Waals surface area contributed by atoms with Crippen LogP contribution in [0.1, 0.15) is 182 Å². The van der Waals surface area contributed by atoms with Crippen molar-refractivity contribution < 1.29 is 137 Å². The van der Waals surface area contributed by atoms with E-state index in [-0.39, 0.29) is 23.9 Å². The molecule has 0 saturated heterocycles. The van der Waals surface area contributed by atoms with Crippen LogP contribution in [-0.2, 0) is 68.6 Å². The van der Waals surface area contributed by atoms with Crippen molar-refractivity contribution in [1.29, 1.82) is 0 Å². The molecule has 0 radical (unpaired) electrons. The van der Waals surface area contributed by atoms with Gasteiger partial charge in [-0.1, -0.05) is 177 Å². The molecule has 1 fully saturated rings. The fourth-order valence-electron chi connectivity index (χ4n) is 7.66. The summed E-state index contributed by atoms with van der Waals surface area (Å²) < 4.78 is 231. The summed E-state index contributed by atoms with van der Waals surface area (Å²) in [5, 5.41) is 8.29. The number of carbonyl (C=O) groups excluding carboxylic acids is 6. The van der Waals surface area contributed by atoms with Gasteiger partial charge in [0.05, 0.1) is 46.0 Å². The van der Waals surface area contributed by atoms with E-state index in [1.54, 1.807) is 39.8 Å². The van der Waals surface area contributed by atoms with E-state index < -0.39 is 104 Å². The lowest BCUT2D eigenvalue weighted by Crippen LogP contribution is -2.45. The number of aliphatic carboxylic acids is 1. The highest BCUT2D eigenvalue weighted by Gasteiger charge is 2.63. The van der Waals surface area contributed by atoms with Gasteiger partial charge in [0, 0.05) is 40.5 Å². The number of halogens is 16. The number of hydrogen-bond acceptors (Lipinski definition) is 13. The Morgan fingerprint density at radius 3 is 1.32 bits per heavy atom. The average Bonchev–Trinajstić information content (AvgIpc) is 0.800. The first kappa shape index (κ1) is 101. The molecule has 586 valence electrons. The third-order valence-electron chi connectivity index (χ3n) is 12.9. The van der Waals surface area contributed by atoms with Gasteiger partial charge >= 0.3 is 60.1 Å². The fourth-order valence-corrected chi connectivity index (χ4v) is 7.66. The lowest BCUT2D eigenvalue weighted by Gasteiger charge is -2.30. The fraction of sp³-hybridized carbons (Fsp3) is 0.548. The van der Waals surface area contributed by atoms with Gasteiger partial charge in [-0.2, -0.15) is 35.1 Å². The van der Waals surface area contributed by atoms with E-state index in [1.165, 1.54) is 103 Å². The first-order valence-corrected chi connectivity index (χ1v) is 32.3. The molecule has 0 heterocycles. The van der Waals surface area contributed by atoms with Crippen molar-refractivity contribution in [3.63, 3.8) is 0 Å². The summed E-state index contributed by atoms with van der Waals surface area (Å²) in [6, 6.07) is 18.9. The molecule has 3 rings (SSSR count). The third kappa shape index (κ3) is 58.9. The zero-order valence-electron chi connectivity index (χ0n) is 59.6. The van der Waals surface area contributed by atoms with Gasteiger partial charge in [-0.15, -0.1) is 0 Å². The van der Waals surface area contributed by atoms with Crippen LogP contribution in [0.5, 0.6) is 0 Å². The summed E-state index contributed by atoms with van der Waals surface area (Å²) >= 11 is 0. The van der Waals surface area contributed by atoms with E-state index in [0.717, 1.165) is 50.0 Å². The van der Waals surface area contributed by atoms with Gasteiger partial charge in [0.2, 0.25) is 0 Å². The first-order valence-electron chi connectivity index (χ1n) is 32.3. The number of benzene rings is 2. The quantitative estimate of drug-likeness (QED) is 0.0233. The Hall–Kier alpha value is -8.21. The van der Waals surface area contributed by atoms with Crippen LogP contribution in [0.4, 0.5) is 70.2 Å². The minimum Gasteiger partial charge on any atom is -0.478 e. The van der Waals surface area contributed by atoms with Crippen molar-refractivity contribution in [3.05, 3.63) is 151 Å². The monoisotopic (exact) mass is 1500 g/mol. The Balaban J connectivity index is -0.000000582. The molecule has 14 nitrogen and oxygen atoms in total.